The first kappa shape index (κ1) is 16.3. The van der Waals surface area contributed by atoms with E-state index in [0.717, 1.165) is 30.9 Å². The lowest BCUT2D eigenvalue weighted by molar-refractivity contribution is -0.118. The van der Waals surface area contributed by atoms with E-state index in [-0.39, 0.29) is 18.0 Å². The molecule has 0 saturated carbocycles. The van der Waals surface area contributed by atoms with Crippen molar-refractivity contribution in [2.75, 3.05) is 24.5 Å². The van der Waals surface area contributed by atoms with Gasteiger partial charge in [-0.1, -0.05) is 18.2 Å². The quantitative estimate of drug-likeness (QED) is 0.768. The number of anilines is 1. The van der Waals surface area contributed by atoms with E-state index >= 15 is 0 Å². The van der Waals surface area contributed by atoms with Crippen LogP contribution in [0.1, 0.15) is 26.3 Å². The van der Waals surface area contributed by atoms with E-state index in [0.29, 0.717) is 0 Å². The zero-order valence-corrected chi connectivity index (χ0v) is 13.4. The first-order chi connectivity index (χ1) is 10.3. The fraction of sp³-hybridized carbons (Fsp3) is 0.500. The van der Waals surface area contributed by atoms with Crippen molar-refractivity contribution < 1.29 is 9.59 Å². The van der Waals surface area contributed by atoms with Gasteiger partial charge in [-0.25, -0.2) is 4.79 Å². The van der Waals surface area contributed by atoms with Gasteiger partial charge >= 0.3 is 6.03 Å². The van der Waals surface area contributed by atoms with E-state index in [1.54, 1.807) is 0 Å². The molecular formula is C16H24N4O2. The fourth-order valence-corrected chi connectivity index (χ4v) is 2.40. The molecule has 0 atom stereocenters. The molecule has 0 spiro atoms. The number of hydrogen-bond donors (Lipinski definition) is 3. The molecule has 0 aliphatic carbocycles. The summed E-state index contributed by atoms with van der Waals surface area (Å²) in [5, 5.41) is 8.43. The number of benzene rings is 1. The van der Waals surface area contributed by atoms with Crippen molar-refractivity contribution in [3.05, 3.63) is 29.8 Å². The highest BCUT2D eigenvalue weighted by molar-refractivity contribution is 5.96. The maximum atomic E-state index is 12.1. The highest BCUT2D eigenvalue weighted by Gasteiger charge is 2.20. The lowest BCUT2D eigenvalue weighted by Gasteiger charge is -2.24. The van der Waals surface area contributed by atoms with Gasteiger partial charge in [0.15, 0.2) is 0 Å². The third-order valence-corrected chi connectivity index (χ3v) is 3.28. The molecule has 1 aromatic rings. The molecule has 120 valence electrons. The summed E-state index contributed by atoms with van der Waals surface area (Å²) in [7, 11) is 0. The maximum Gasteiger partial charge on any atom is 0.321 e. The lowest BCUT2D eigenvalue weighted by atomic mass is 10.1. The normalized spacial score (nSPS) is 14.8. The van der Waals surface area contributed by atoms with Gasteiger partial charge in [-0.05, 0) is 32.4 Å². The van der Waals surface area contributed by atoms with Crippen molar-refractivity contribution in [2.24, 2.45) is 0 Å². The molecule has 0 bridgehead atoms. The third kappa shape index (κ3) is 4.73. The Morgan fingerprint density at radius 2 is 2.00 bits per heavy atom. The molecule has 6 heteroatoms. The van der Waals surface area contributed by atoms with E-state index in [4.69, 9.17) is 0 Å². The molecule has 1 heterocycles. The van der Waals surface area contributed by atoms with Crippen LogP contribution in [0.2, 0.25) is 0 Å². The van der Waals surface area contributed by atoms with Crippen molar-refractivity contribution in [1.29, 1.82) is 0 Å². The first-order valence-corrected chi connectivity index (χ1v) is 7.51. The molecule has 2 rings (SSSR count). The summed E-state index contributed by atoms with van der Waals surface area (Å²) in [6.45, 7) is 8.09. The van der Waals surface area contributed by atoms with E-state index in [9.17, 15) is 9.59 Å². The van der Waals surface area contributed by atoms with Gasteiger partial charge in [-0.2, -0.15) is 0 Å². The summed E-state index contributed by atoms with van der Waals surface area (Å²) in [5.74, 6) is -0.307. The first-order valence-electron chi connectivity index (χ1n) is 7.51. The SMILES string of the molecule is CC(C)(C)NC(=O)NC(=O)CN1CCNCc2ccccc21. The Kier molecular flexibility index (Phi) is 5.03. The molecule has 1 aliphatic rings. The number of rotatable bonds is 2. The van der Waals surface area contributed by atoms with Crippen molar-refractivity contribution in [3.63, 3.8) is 0 Å². The van der Waals surface area contributed by atoms with E-state index < -0.39 is 6.03 Å². The Hall–Kier alpha value is -2.08. The highest BCUT2D eigenvalue weighted by Crippen LogP contribution is 2.21. The highest BCUT2D eigenvalue weighted by atomic mass is 16.2. The van der Waals surface area contributed by atoms with Crippen LogP contribution >= 0.6 is 0 Å². The van der Waals surface area contributed by atoms with Gasteiger partial charge in [0.2, 0.25) is 5.91 Å². The molecule has 0 saturated heterocycles. The van der Waals surface area contributed by atoms with Crippen molar-refractivity contribution >= 4 is 17.6 Å². The van der Waals surface area contributed by atoms with Gasteiger partial charge in [0, 0.05) is 30.9 Å². The van der Waals surface area contributed by atoms with Gasteiger partial charge in [-0.15, -0.1) is 0 Å². The number of amides is 3. The minimum absolute atomic E-state index is 0.163. The van der Waals surface area contributed by atoms with Crippen LogP contribution < -0.4 is 20.9 Å². The fourth-order valence-electron chi connectivity index (χ4n) is 2.40. The second-order valence-electron chi connectivity index (χ2n) is 6.48. The van der Waals surface area contributed by atoms with Crippen LogP contribution in [0.15, 0.2) is 24.3 Å². The number of nitrogens with zero attached hydrogens (tertiary/aromatic N) is 1. The summed E-state index contributed by atoms with van der Waals surface area (Å²) in [5.41, 5.74) is 1.83. The van der Waals surface area contributed by atoms with Gasteiger partial charge in [-0.3, -0.25) is 10.1 Å². The van der Waals surface area contributed by atoms with E-state index in [2.05, 4.69) is 16.0 Å². The molecule has 1 aliphatic heterocycles. The van der Waals surface area contributed by atoms with Crippen LogP contribution in [0.5, 0.6) is 0 Å². The Morgan fingerprint density at radius 1 is 1.27 bits per heavy atom. The van der Waals surface area contributed by atoms with Crippen LogP contribution in [0.3, 0.4) is 0 Å². The predicted octanol–water partition coefficient (Wildman–Crippen LogP) is 1.22. The average Bonchev–Trinajstić information content (AvgIpc) is 2.59. The van der Waals surface area contributed by atoms with Gasteiger partial charge in [0.05, 0.1) is 6.54 Å². The van der Waals surface area contributed by atoms with Crippen LogP contribution in [0.4, 0.5) is 10.5 Å². The van der Waals surface area contributed by atoms with Crippen molar-refractivity contribution in [3.8, 4) is 0 Å². The molecule has 6 nitrogen and oxygen atoms in total. The van der Waals surface area contributed by atoms with Gasteiger partial charge in [0.1, 0.15) is 0 Å². The minimum Gasteiger partial charge on any atom is -0.361 e. The molecule has 3 N–H and O–H groups in total. The zero-order valence-electron chi connectivity index (χ0n) is 13.4. The number of para-hydroxylation sites is 1. The Balaban J connectivity index is 1.98. The van der Waals surface area contributed by atoms with E-state index in [1.165, 1.54) is 0 Å². The Bertz CT molecular complexity index is 551. The second-order valence-corrected chi connectivity index (χ2v) is 6.48. The molecule has 0 radical (unpaired) electrons. The number of fused-ring (bicyclic) bond motifs is 1. The van der Waals surface area contributed by atoms with Crippen LogP contribution in [-0.4, -0.2) is 37.1 Å². The standard InChI is InChI=1S/C16H24N4O2/c1-16(2,3)19-15(22)18-14(21)11-20-9-8-17-10-12-6-4-5-7-13(12)20/h4-7,17H,8-11H2,1-3H3,(H2,18,19,21,22). The van der Waals surface area contributed by atoms with Crippen molar-refractivity contribution in [2.45, 2.75) is 32.9 Å². The topological polar surface area (TPSA) is 73.5 Å². The predicted molar refractivity (Wildman–Crippen MR) is 86.8 cm³/mol. The molecule has 22 heavy (non-hydrogen) atoms. The lowest BCUT2D eigenvalue weighted by Crippen LogP contribution is -2.50. The van der Waals surface area contributed by atoms with Crippen LogP contribution in [-0.2, 0) is 11.3 Å². The number of carbonyl (C=O) groups is 2. The van der Waals surface area contributed by atoms with Crippen molar-refractivity contribution in [1.82, 2.24) is 16.0 Å². The number of nitrogens with one attached hydrogen (secondary N) is 3. The Labute approximate surface area is 131 Å². The van der Waals surface area contributed by atoms with Gasteiger partial charge in [0.25, 0.3) is 0 Å². The smallest absolute Gasteiger partial charge is 0.321 e. The molecule has 0 fully saturated rings. The van der Waals surface area contributed by atoms with Crippen LogP contribution in [0.25, 0.3) is 0 Å². The molecule has 1 aromatic carbocycles. The number of imide groups is 1. The average molecular weight is 304 g/mol. The second kappa shape index (κ2) is 6.79. The zero-order chi connectivity index (χ0) is 16.2. The van der Waals surface area contributed by atoms with Gasteiger partial charge < -0.3 is 15.5 Å². The largest absolute Gasteiger partial charge is 0.361 e. The summed E-state index contributed by atoms with van der Waals surface area (Å²) in [4.78, 5) is 25.8. The number of carbonyl (C=O) groups excluding carboxylic acids is 2. The van der Waals surface area contributed by atoms with Crippen LogP contribution in [0, 0.1) is 0 Å². The summed E-state index contributed by atoms with van der Waals surface area (Å²) in [6.07, 6.45) is 0. The molecule has 3 amide bonds. The minimum atomic E-state index is -0.460. The maximum absolute atomic E-state index is 12.1. The summed E-state index contributed by atoms with van der Waals surface area (Å²) >= 11 is 0. The number of hydrogen-bond acceptors (Lipinski definition) is 4. The molecular weight excluding hydrogens is 280 g/mol. The molecule has 0 aromatic heterocycles. The summed E-state index contributed by atoms with van der Waals surface area (Å²) < 4.78 is 0. The monoisotopic (exact) mass is 304 g/mol. The number of urea groups is 1. The third-order valence-electron chi connectivity index (χ3n) is 3.28. The van der Waals surface area contributed by atoms with E-state index in [1.807, 2.05) is 49.9 Å². The molecule has 0 unspecified atom stereocenters. The summed E-state index contributed by atoms with van der Waals surface area (Å²) in [6, 6.07) is 7.54. The Morgan fingerprint density at radius 3 is 2.73 bits per heavy atom.